The normalized spacial score (nSPS) is 10.4. The Morgan fingerprint density at radius 3 is 2.28 bits per heavy atom. The number of esters is 1. The SMILES string of the molecule is Cc1c(Br)ccc(NC(=O)COC(=O)CCC(=O)Nc2ccc(Cl)cc2Cl)c1C. The maximum absolute atomic E-state index is 12.0. The largest absolute Gasteiger partial charge is 0.456 e. The Morgan fingerprint density at radius 2 is 1.59 bits per heavy atom. The van der Waals surface area contributed by atoms with Gasteiger partial charge in [-0.25, -0.2) is 0 Å². The van der Waals surface area contributed by atoms with E-state index in [9.17, 15) is 14.4 Å². The molecule has 0 radical (unpaired) electrons. The predicted octanol–water partition coefficient (Wildman–Crippen LogP) is 5.27. The summed E-state index contributed by atoms with van der Waals surface area (Å²) in [7, 11) is 0. The Bertz CT molecular complexity index is 950. The fourth-order valence-electron chi connectivity index (χ4n) is 2.35. The Hall–Kier alpha value is -2.09. The summed E-state index contributed by atoms with van der Waals surface area (Å²) in [6, 6.07) is 8.25. The average molecular weight is 502 g/mol. The van der Waals surface area contributed by atoms with E-state index in [4.69, 9.17) is 27.9 Å². The Labute approximate surface area is 187 Å². The van der Waals surface area contributed by atoms with E-state index >= 15 is 0 Å². The summed E-state index contributed by atoms with van der Waals surface area (Å²) in [6.45, 7) is 3.38. The third-order valence-corrected chi connectivity index (χ3v) is 5.53. The van der Waals surface area contributed by atoms with E-state index in [1.165, 1.54) is 6.07 Å². The molecule has 2 aromatic carbocycles. The fraction of sp³-hybridized carbons (Fsp3) is 0.250. The third kappa shape index (κ3) is 7.03. The van der Waals surface area contributed by atoms with Gasteiger partial charge in [-0.1, -0.05) is 39.1 Å². The van der Waals surface area contributed by atoms with Crippen LogP contribution in [-0.4, -0.2) is 24.4 Å². The summed E-state index contributed by atoms with van der Waals surface area (Å²) >= 11 is 15.2. The van der Waals surface area contributed by atoms with Crippen molar-refractivity contribution in [1.29, 1.82) is 0 Å². The lowest BCUT2D eigenvalue weighted by Crippen LogP contribution is -2.22. The van der Waals surface area contributed by atoms with Crippen LogP contribution in [0.15, 0.2) is 34.8 Å². The molecule has 0 aliphatic carbocycles. The number of ether oxygens (including phenoxy) is 1. The molecule has 0 unspecified atom stereocenters. The van der Waals surface area contributed by atoms with Gasteiger partial charge in [0.25, 0.3) is 5.91 Å². The summed E-state index contributed by atoms with van der Waals surface area (Å²) in [5.41, 5.74) is 2.96. The molecule has 29 heavy (non-hydrogen) atoms. The minimum Gasteiger partial charge on any atom is -0.456 e. The van der Waals surface area contributed by atoms with Gasteiger partial charge in [-0.15, -0.1) is 0 Å². The van der Waals surface area contributed by atoms with Gasteiger partial charge in [0.2, 0.25) is 5.91 Å². The summed E-state index contributed by atoms with van der Waals surface area (Å²) in [4.78, 5) is 35.7. The summed E-state index contributed by atoms with van der Waals surface area (Å²) in [5, 5.41) is 6.03. The van der Waals surface area contributed by atoms with Crippen LogP contribution in [0.3, 0.4) is 0 Å². The number of halogens is 3. The smallest absolute Gasteiger partial charge is 0.306 e. The van der Waals surface area contributed by atoms with Crippen LogP contribution in [0.25, 0.3) is 0 Å². The van der Waals surface area contributed by atoms with E-state index in [0.29, 0.717) is 21.4 Å². The first-order valence-electron chi connectivity index (χ1n) is 8.63. The van der Waals surface area contributed by atoms with Gasteiger partial charge in [-0.2, -0.15) is 0 Å². The second-order valence-electron chi connectivity index (χ2n) is 6.23. The van der Waals surface area contributed by atoms with Crippen LogP contribution in [0.5, 0.6) is 0 Å². The maximum atomic E-state index is 12.0. The van der Waals surface area contributed by atoms with Crippen molar-refractivity contribution >= 4 is 68.3 Å². The topological polar surface area (TPSA) is 84.5 Å². The number of hydrogen-bond donors (Lipinski definition) is 2. The van der Waals surface area contributed by atoms with Crippen LogP contribution in [-0.2, 0) is 19.1 Å². The molecule has 0 aromatic heterocycles. The Kier molecular flexibility index (Phi) is 8.49. The van der Waals surface area contributed by atoms with Gasteiger partial charge in [0.15, 0.2) is 6.61 Å². The van der Waals surface area contributed by atoms with Crippen LogP contribution in [0.2, 0.25) is 10.0 Å². The van der Waals surface area contributed by atoms with Crippen LogP contribution in [0, 0.1) is 13.8 Å². The first-order chi connectivity index (χ1) is 13.7. The number of hydrogen-bond acceptors (Lipinski definition) is 4. The standard InChI is InChI=1S/C20H19BrCl2N2O4/c1-11-12(2)16(6-4-14(11)21)24-19(27)10-29-20(28)8-7-18(26)25-17-5-3-13(22)9-15(17)23/h3-6,9H,7-8,10H2,1-2H3,(H,24,27)(H,25,26). The zero-order valence-electron chi connectivity index (χ0n) is 15.8. The van der Waals surface area contributed by atoms with Crippen molar-refractivity contribution in [1.82, 2.24) is 0 Å². The summed E-state index contributed by atoms with van der Waals surface area (Å²) in [5.74, 6) is -1.52. The van der Waals surface area contributed by atoms with Gasteiger partial charge in [0.1, 0.15) is 0 Å². The quantitative estimate of drug-likeness (QED) is 0.506. The van der Waals surface area contributed by atoms with Crippen molar-refractivity contribution < 1.29 is 19.1 Å². The lowest BCUT2D eigenvalue weighted by molar-refractivity contribution is -0.147. The zero-order valence-corrected chi connectivity index (χ0v) is 18.9. The molecule has 0 atom stereocenters. The van der Waals surface area contributed by atoms with Crippen LogP contribution in [0.4, 0.5) is 11.4 Å². The highest BCUT2D eigenvalue weighted by Crippen LogP contribution is 2.26. The van der Waals surface area contributed by atoms with Crippen molar-refractivity contribution in [2.24, 2.45) is 0 Å². The highest BCUT2D eigenvalue weighted by Gasteiger charge is 2.13. The third-order valence-electron chi connectivity index (χ3n) is 4.12. The van der Waals surface area contributed by atoms with Crippen LogP contribution >= 0.6 is 39.1 Å². The molecule has 0 bridgehead atoms. The molecule has 154 valence electrons. The molecule has 0 fully saturated rings. The fourth-order valence-corrected chi connectivity index (χ4v) is 3.23. The van der Waals surface area contributed by atoms with Gasteiger partial charge in [0.05, 0.1) is 17.1 Å². The van der Waals surface area contributed by atoms with E-state index < -0.39 is 24.4 Å². The van der Waals surface area contributed by atoms with Crippen molar-refractivity contribution in [3.63, 3.8) is 0 Å². The zero-order chi connectivity index (χ0) is 21.6. The van der Waals surface area contributed by atoms with E-state index in [-0.39, 0.29) is 12.8 Å². The molecule has 6 nitrogen and oxygen atoms in total. The maximum Gasteiger partial charge on any atom is 0.306 e. The summed E-state index contributed by atoms with van der Waals surface area (Å²) in [6.07, 6.45) is -0.273. The molecule has 2 amide bonds. The second-order valence-corrected chi connectivity index (χ2v) is 7.92. The molecule has 0 saturated heterocycles. The molecule has 0 saturated carbocycles. The van der Waals surface area contributed by atoms with E-state index in [0.717, 1.165) is 15.6 Å². The molecule has 0 spiro atoms. The average Bonchev–Trinajstić information content (AvgIpc) is 2.67. The molecule has 9 heteroatoms. The van der Waals surface area contributed by atoms with Crippen LogP contribution < -0.4 is 10.6 Å². The van der Waals surface area contributed by atoms with Gasteiger partial charge in [-0.3, -0.25) is 14.4 Å². The number of nitrogens with one attached hydrogen (secondary N) is 2. The number of carbonyl (C=O) groups excluding carboxylic acids is 3. The first kappa shape index (κ1) is 23.2. The van der Waals surface area contributed by atoms with E-state index in [1.807, 2.05) is 19.9 Å². The van der Waals surface area contributed by atoms with Crippen molar-refractivity contribution in [3.8, 4) is 0 Å². The minimum atomic E-state index is -0.652. The molecule has 2 aromatic rings. The number of rotatable bonds is 7. The lowest BCUT2D eigenvalue weighted by atomic mass is 10.1. The molecule has 0 aliphatic heterocycles. The van der Waals surface area contributed by atoms with Gasteiger partial charge < -0.3 is 15.4 Å². The molecular weight excluding hydrogens is 483 g/mol. The number of carbonyl (C=O) groups is 3. The Balaban J connectivity index is 1.76. The monoisotopic (exact) mass is 500 g/mol. The van der Waals surface area contributed by atoms with Crippen molar-refractivity contribution in [2.75, 3.05) is 17.2 Å². The Morgan fingerprint density at radius 1 is 0.931 bits per heavy atom. The lowest BCUT2D eigenvalue weighted by Gasteiger charge is -2.12. The highest BCUT2D eigenvalue weighted by atomic mass is 79.9. The number of anilines is 2. The highest BCUT2D eigenvalue weighted by molar-refractivity contribution is 9.10. The number of benzene rings is 2. The predicted molar refractivity (Wildman–Crippen MR) is 118 cm³/mol. The molecular formula is C20H19BrCl2N2O4. The molecule has 2 N–H and O–H groups in total. The number of amides is 2. The first-order valence-corrected chi connectivity index (χ1v) is 10.2. The minimum absolute atomic E-state index is 0.107. The molecule has 0 aliphatic rings. The van der Waals surface area contributed by atoms with Gasteiger partial charge in [0, 0.05) is 21.6 Å². The van der Waals surface area contributed by atoms with E-state index in [1.54, 1.807) is 18.2 Å². The molecule has 2 rings (SSSR count). The van der Waals surface area contributed by atoms with Gasteiger partial charge in [-0.05, 0) is 55.3 Å². The molecule has 0 heterocycles. The van der Waals surface area contributed by atoms with Crippen molar-refractivity contribution in [3.05, 3.63) is 56.0 Å². The van der Waals surface area contributed by atoms with Crippen LogP contribution in [0.1, 0.15) is 24.0 Å². The van der Waals surface area contributed by atoms with Crippen molar-refractivity contribution in [2.45, 2.75) is 26.7 Å². The van der Waals surface area contributed by atoms with Gasteiger partial charge >= 0.3 is 5.97 Å². The second kappa shape index (κ2) is 10.6. The summed E-state index contributed by atoms with van der Waals surface area (Å²) < 4.78 is 5.87. The van der Waals surface area contributed by atoms with E-state index in [2.05, 4.69) is 26.6 Å².